The number of carboxylic acids is 1. The van der Waals surface area contributed by atoms with Crippen LogP contribution in [0.4, 0.5) is 4.79 Å². The molecule has 0 aromatic carbocycles. The van der Waals surface area contributed by atoms with Crippen LogP contribution in [0.5, 0.6) is 0 Å². The summed E-state index contributed by atoms with van der Waals surface area (Å²) in [5, 5.41) is 12.1. The zero-order chi connectivity index (χ0) is 15.2. The number of hydrogen-bond acceptors (Lipinski definition) is 3. The highest BCUT2D eigenvalue weighted by atomic mass is 16.4. The number of aliphatic carboxylic acids is 1. The van der Waals surface area contributed by atoms with Gasteiger partial charge in [-0.25, -0.2) is 9.59 Å². The zero-order valence-electron chi connectivity index (χ0n) is 12.8. The van der Waals surface area contributed by atoms with Crippen molar-refractivity contribution in [3.63, 3.8) is 0 Å². The fraction of sp³-hybridized carbons (Fsp3) is 0.857. The van der Waals surface area contributed by atoms with Crippen molar-refractivity contribution in [1.82, 2.24) is 15.1 Å². The molecule has 0 aromatic rings. The Bertz CT molecular complexity index is 335. The van der Waals surface area contributed by atoms with Crippen LogP contribution in [0.2, 0.25) is 0 Å². The molecule has 20 heavy (non-hydrogen) atoms. The van der Waals surface area contributed by atoms with Crippen molar-refractivity contribution in [3.05, 3.63) is 0 Å². The molecule has 0 aliphatic carbocycles. The normalized spacial score (nSPS) is 17.1. The van der Waals surface area contributed by atoms with E-state index in [0.29, 0.717) is 25.9 Å². The van der Waals surface area contributed by atoms with Gasteiger partial charge in [-0.3, -0.25) is 4.90 Å². The predicted octanol–water partition coefficient (Wildman–Crippen LogP) is 1.37. The third kappa shape index (κ3) is 3.85. The van der Waals surface area contributed by atoms with Crippen molar-refractivity contribution in [2.45, 2.75) is 45.6 Å². The first-order valence-corrected chi connectivity index (χ1v) is 7.52. The van der Waals surface area contributed by atoms with Crippen LogP contribution in [0, 0.1) is 0 Å². The number of piperazine rings is 1. The van der Waals surface area contributed by atoms with Crippen molar-refractivity contribution in [2.75, 3.05) is 32.7 Å². The Morgan fingerprint density at radius 3 is 2.05 bits per heavy atom. The van der Waals surface area contributed by atoms with Crippen LogP contribution in [0.15, 0.2) is 0 Å². The first-order chi connectivity index (χ1) is 9.49. The van der Waals surface area contributed by atoms with Crippen LogP contribution in [-0.2, 0) is 4.79 Å². The van der Waals surface area contributed by atoms with Gasteiger partial charge < -0.3 is 15.3 Å². The number of carboxylic acid groups (broad SMARTS) is 1. The van der Waals surface area contributed by atoms with E-state index >= 15 is 0 Å². The smallest absolute Gasteiger partial charge is 0.329 e. The molecule has 0 spiro atoms. The van der Waals surface area contributed by atoms with Crippen LogP contribution in [0.1, 0.15) is 40.0 Å². The second-order valence-electron chi connectivity index (χ2n) is 5.35. The van der Waals surface area contributed by atoms with Gasteiger partial charge >= 0.3 is 12.0 Å². The molecule has 0 radical (unpaired) electrons. The quantitative estimate of drug-likeness (QED) is 0.773. The van der Waals surface area contributed by atoms with Gasteiger partial charge in [0.25, 0.3) is 0 Å². The Labute approximate surface area is 121 Å². The number of nitrogens with zero attached hydrogens (tertiary/aromatic N) is 2. The molecule has 0 atom stereocenters. The standard InChI is InChI=1S/C14H27N3O3/c1-4-7-16-8-10-17(11-9-16)13(20)15-14(5-2,6-3)12(18)19/h4-11H2,1-3H3,(H,15,20)(H,18,19). The summed E-state index contributed by atoms with van der Waals surface area (Å²) in [6.07, 6.45) is 1.89. The van der Waals surface area contributed by atoms with E-state index < -0.39 is 11.5 Å². The topological polar surface area (TPSA) is 72.9 Å². The van der Waals surface area contributed by atoms with Crippen LogP contribution < -0.4 is 5.32 Å². The largest absolute Gasteiger partial charge is 0.480 e. The van der Waals surface area contributed by atoms with E-state index in [1.165, 1.54) is 0 Å². The van der Waals surface area contributed by atoms with E-state index in [4.69, 9.17) is 0 Å². The number of rotatable bonds is 6. The van der Waals surface area contributed by atoms with E-state index in [9.17, 15) is 14.7 Å². The molecule has 1 rings (SSSR count). The number of carbonyl (C=O) groups is 2. The Morgan fingerprint density at radius 2 is 1.65 bits per heavy atom. The van der Waals surface area contributed by atoms with Gasteiger partial charge in [-0.2, -0.15) is 0 Å². The van der Waals surface area contributed by atoms with E-state index in [1.54, 1.807) is 18.7 Å². The van der Waals surface area contributed by atoms with Gasteiger partial charge in [-0.05, 0) is 25.8 Å². The molecule has 116 valence electrons. The average molecular weight is 285 g/mol. The van der Waals surface area contributed by atoms with Crippen molar-refractivity contribution < 1.29 is 14.7 Å². The third-order valence-electron chi connectivity index (χ3n) is 4.16. The molecule has 0 aromatic heterocycles. The van der Waals surface area contributed by atoms with Gasteiger partial charge in [0.2, 0.25) is 0 Å². The number of nitrogens with one attached hydrogen (secondary N) is 1. The Balaban J connectivity index is 2.57. The molecule has 1 aliphatic rings. The van der Waals surface area contributed by atoms with Gasteiger partial charge in [-0.15, -0.1) is 0 Å². The van der Waals surface area contributed by atoms with Gasteiger partial charge in [0.1, 0.15) is 5.54 Å². The summed E-state index contributed by atoms with van der Waals surface area (Å²) in [7, 11) is 0. The summed E-state index contributed by atoms with van der Waals surface area (Å²) < 4.78 is 0. The average Bonchev–Trinajstić information content (AvgIpc) is 2.45. The summed E-state index contributed by atoms with van der Waals surface area (Å²) in [6, 6.07) is -0.257. The molecule has 1 fully saturated rings. The molecular formula is C14H27N3O3. The van der Waals surface area contributed by atoms with Gasteiger partial charge in [0, 0.05) is 26.2 Å². The Kier molecular flexibility index (Phi) is 6.26. The zero-order valence-corrected chi connectivity index (χ0v) is 12.8. The van der Waals surface area contributed by atoms with Gasteiger partial charge in [0.05, 0.1) is 0 Å². The van der Waals surface area contributed by atoms with Crippen molar-refractivity contribution in [3.8, 4) is 0 Å². The molecule has 0 bridgehead atoms. The highest BCUT2D eigenvalue weighted by Crippen LogP contribution is 2.16. The van der Waals surface area contributed by atoms with E-state index in [1.807, 2.05) is 0 Å². The van der Waals surface area contributed by atoms with Crippen molar-refractivity contribution in [1.29, 1.82) is 0 Å². The van der Waals surface area contributed by atoms with E-state index in [2.05, 4.69) is 17.1 Å². The van der Waals surface area contributed by atoms with Crippen LogP contribution in [0.3, 0.4) is 0 Å². The molecule has 1 heterocycles. The summed E-state index contributed by atoms with van der Waals surface area (Å²) >= 11 is 0. The minimum Gasteiger partial charge on any atom is -0.480 e. The first-order valence-electron chi connectivity index (χ1n) is 7.52. The number of hydrogen-bond donors (Lipinski definition) is 2. The molecule has 1 aliphatic heterocycles. The lowest BCUT2D eigenvalue weighted by molar-refractivity contribution is -0.144. The van der Waals surface area contributed by atoms with Crippen LogP contribution in [0.25, 0.3) is 0 Å². The third-order valence-corrected chi connectivity index (χ3v) is 4.16. The summed E-state index contributed by atoms with van der Waals surface area (Å²) in [5.74, 6) is -0.958. The Hall–Kier alpha value is -1.30. The lowest BCUT2D eigenvalue weighted by Crippen LogP contribution is -2.60. The predicted molar refractivity (Wildman–Crippen MR) is 77.8 cm³/mol. The first kappa shape index (κ1) is 16.8. The number of carbonyl (C=O) groups excluding carboxylic acids is 1. The molecular weight excluding hydrogens is 258 g/mol. The molecule has 2 amide bonds. The second-order valence-corrected chi connectivity index (χ2v) is 5.35. The maximum atomic E-state index is 12.2. The maximum Gasteiger partial charge on any atom is 0.329 e. The van der Waals surface area contributed by atoms with E-state index in [-0.39, 0.29) is 6.03 Å². The maximum absolute atomic E-state index is 12.2. The molecule has 6 heteroatoms. The van der Waals surface area contributed by atoms with Gasteiger partial charge in [0.15, 0.2) is 0 Å². The van der Waals surface area contributed by atoms with E-state index in [0.717, 1.165) is 26.1 Å². The second kappa shape index (κ2) is 7.47. The molecule has 6 nitrogen and oxygen atoms in total. The lowest BCUT2D eigenvalue weighted by Gasteiger charge is -2.37. The Morgan fingerprint density at radius 1 is 1.10 bits per heavy atom. The SMILES string of the molecule is CCCN1CCN(C(=O)NC(CC)(CC)C(=O)O)CC1. The minimum absolute atomic E-state index is 0.257. The summed E-state index contributed by atoms with van der Waals surface area (Å²) in [5.41, 5.74) is -1.14. The molecule has 2 N–H and O–H groups in total. The molecule has 0 saturated carbocycles. The summed E-state index contributed by atoms with van der Waals surface area (Å²) in [6.45, 7) is 9.82. The molecule has 1 saturated heterocycles. The fourth-order valence-electron chi connectivity index (χ4n) is 2.56. The van der Waals surface area contributed by atoms with Crippen LogP contribution in [-0.4, -0.2) is 65.2 Å². The fourth-order valence-corrected chi connectivity index (χ4v) is 2.56. The van der Waals surface area contributed by atoms with Crippen LogP contribution >= 0.6 is 0 Å². The van der Waals surface area contributed by atoms with Crippen molar-refractivity contribution >= 4 is 12.0 Å². The minimum atomic E-state index is -1.14. The lowest BCUT2D eigenvalue weighted by atomic mass is 9.93. The highest BCUT2D eigenvalue weighted by molar-refractivity contribution is 5.86. The van der Waals surface area contributed by atoms with Gasteiger partial charge in [-0.1, -0.05) is 20.8 Å². The number of amides is 2. The summed E-state index contributed by atoms with van der Waals surface area (Å²) in [4.78, 5) is 27.7. The highest BCUT2D eigenvalue weighted by Gasteiger charge is 2.37. The van der Waals surface area contributed by atoms with Crippen molar-refractivity contribution in [2.24, 2.45) is 0 Å². The number of urea groups is 1. The monoisotopic (exact) mass is 285 g/mol. The molecule has 0 unspecified atom stereocenters.